The molecule has 29 heavy (non-hydrogen) atoms. The highest BCUT2D eigenvalue weighted by Gasteiger charge is 2.40. The summed E-state index contributed by atoms with van der Waals surface area (Å²) in [5.74, 6) is 0.847. The lowest BCUT2D eigenvalue weighted by atomic mass is 9.79. The van der Waals surface area contributed by atoms with Gasteiger partial charge in [-0.05, 0) is 63.0 Å². The minimum Gasteiger partial charge on any atom is -0.444 e. The molecule has 0 aliphatic carbocycles. The average Bonchev–Trinajstić information content (AvgIpc) is 3.14. The Labute approximate surface area is 175 Å². The number of anilines is 1. The summed E-state index contributed by atoms with van der Waals surface area (Å²) in [6, 6.07) is 10.8. The molecule has 2 bridgehead atoms. The number of benzene rings is 1. The maximum absolute atomic E-state index is 12.8. The highest BCUT2D eigenvalue weighted by molar-refractivity contribution is 7.92. The molecule has 4 heterocycles. The van der Waals surface area contributed by atoms with Crippen molar-refractivity contribution < 1.29 is 17.9 Å². The molecule has 7 nitrogen and oxygen atoms in total. The molecule has 156 valence electrons. The van der Waals surface area contributed by atoms with E-state index in [9.17, 15) is 13.2 Å². The Kier molecular flexibility index (Phi) is 5.54. The minimum absolute atomic E-state index is 0.0852. The van der Waals surface area contributed by atoms with Gasteiger partial charge in [0.1, 0.15) is 0 Å². The summed E-state index contributed by atoms with van der Waals surface area (Å²) < 4.78 is 31.4. The molecule has 0 saturated carbocycles. The van der Waals surface area contributed by atoms with E-state index < -0.39 is 10.0 Å². The molecule has 3 fully saturated rings. The summed E-state index contributed by atoms with van der Waals surface area (Å²) in [5, 5.41) is 3.75. The normalized spacial score (nSPS) is 26.1. The summed E-state index contributed by atoms with van der Waals surface area (Å²) >= 11 is 1.25. The van der Waals surface area contributed by atoms with E-state index in [1.807, 2.05) is 0 Å². The van der Waals surface area contributed by atoms with Gasteiger partial charge >= 0.3 is 0 Å². The SMILES string of the molecule is CC1C(NC(=O)c2ccc(Oc3ccccc3NS(C)(=O)=O)s2)C2CCN1CC2. The van der Waals surface area contributed by atoms with Gasteiger partial charge in [0.2, 0.25) is 10.0 Å². The molecule has 2 atom stereocenters. The minimum atomic E-state index is -3.42. The van der Waals surface area contributed by atoms with Gasteiger partial charge in [-0.3, -0.25) is 14.4 Å². The Hall–Kier alpha value is -2.10. The first-order chi connectivity index (χ1) is 13.8. The predicted octanol–water partition coefficient (Wildman–Crippen LogP) is 3.12. The summed E-state index contributed by atoms with van der Waals surface area (Å²) in [4.78, 5) is 15.8. The lowest BCUT2D eigenvalue weighted by Gasteiger charge is -2.49. The van der Waals surface area contributed by atoms with Crippen LogP contribution in [0.3, 0.4) is 0 Å². The van der Waals surface area contributed by atoms with Crippen molar-refractivity contribution in [3.8, 4) is 10.8 Å². The smallest absolute Gasteiger partial charge is 0.261 e. The summed E-state index contributed by atoms with van der Waals surface area (Å²) in [5.41, 5.74) is 0.357. The third-order valence-corrected chi connectivity index (χ3v) is 7.23. The van der Waals surface area contributed by atoms with Crippen molar-refractivity contribution in [3.63, 3.8) is 0 Å². The Balaban J connectivity index is 1.45. The number of carbonyl (C=O) groups excluding carboxylic acids is 1. The summed E-state index contributed by atoms with van der Waals surface area (Å²) in [6.07, 6.45) is 3.36. The second-order valence-corrected chi connectivity index (χ2v) is 10.5. The molecule has 3 aliphatic rings. The Morgan fingerprint density at radius 2 is 1.90 bits per heavy atom. The first-order valence-corrected chi connectivity index (χ1v) is 12.4. The van der Waals surface area contributed by atoms with Crippen molar-refractivity contribution in [2.45, 2.75) is 31.8 Å². The zero-order valence-electron chi connectivity index (χ0n) is 16.4. The van der Waals surface area contributed by atoms with Crippen LogP contribution in [0.4, 0.5) is 5.69 Å². The third kappa shape index (κ3) is 4.57. The van der Waals surface area contributed by atoms with Crippen LogP contribution in [0.5, 0.6) is 10.8 Å². The molecule has 0 radical (unpaired) electrons. The quantitative estimate of drug-likeness (QED) is 0.728. The van der Waals surface area contributed by atoms with E-state index in [0.29, 0.717) is 33.3 Å². The number of piperidine rings is 3. The van der Waals surface area contributed by atoms with Crippen LogP contribution in [0.15, 0.2) is 36.4 Å². The van der Waals surface area contributed by atoms with E-state index in [1.165, 1.54) is 11.3 Å². The van der Waals surface area contributed by atoms with Crippen molar-refractivity contribution in [1.29, 1.82) is 0 Å². The maximum Gasteiger partial charge on any atom is 0.261 e. The fourth-order valence-corrected chi connectivity index (χ4v) is 5.55. The average molecular weight is 436 g/mol. The number of nitrogens with zero attached hydrogens (tertiary/aromatic N) is 1. The van der Waals surface area contributed by atoms with E-state index >= 15 is 0 Å². The third-order valence-electron chi connectivity index (χ3n) is 5.67. The van der Waals surface area contributed by atoms with E-state index in [2.05, 4.69) is 21.9 Å². The Morgan fingerprint density at radius 1 is 1.17 bits per heavy atom. The number of para-hydroxylation sites is 2. The molecule has 1 amide bonds. The molecule has 2 unspecified atom stereocenters. The van der Waals surface area contributed by atoms with Gasteiger partial charge in [0.05, 0.1) is 16.8 Å². The zero-order valence-corrected chi connectivity index (χ0v) is 18.1. The molecule has 9 heteroatoms. The number of amides is 1. The van der Waals surface area contributed by atoms with Crippen molar-refractivity contribution in [2.75, 3.05) is 24.1 Å². The first-order valence-electron chi connectivity index (χ1n) is 9.69. The molecule has 5 rings (SSSR count). The van der Waals surface area contributed by atoms with Crippen molar-refractivity contribution >= 4 is 33.0 Å². The number of rotatable bonds is 6. The molecule has 1 aromatic heterocycles. The molecular formula is C20H25N3O4S2. The number of sulfonamides is 1. The van der Waals surface area contributed by atoms with Crippen LogP contribution in [0.1, 0.15) is 29.4 Å². The molecule has 1 aromatic carbocycles. The Bertz CT molecular complexity index is 995. The van der Waals surface area contributed by atoms with Crippen molar-refractivity contribution in [3.05, 3.63) is 41.3 Å². The van der Waals surface area contributed by atoms with Crippen LogP contribution in [0.2, 0.25) is 0 Å². The van der Waals surface area contributed by atoms with Crippen molar-refractivity contribution in [2.24, 2.45) is 5.92 Å². The van der Waals surface area contributed by atoms with Crippen molar-refractivity contribution in [1.82, 2.24) is 10.2 Å². The second-order valence-electron chi connectivity index (χ2n) is 7.70. The molecule has 3 saturated heterocycles. The monoisotopic (exact) mass is 435 g/mol. The maximum atomic E-state index is 12.8. The number of thiophene rings is 1. The Morgan fingerprint density at radius 3 is 2.59 bits per heavy atom. The van der Waals surface area contributed by atoms with Crippen LogP contribution in [0.25, 0.3) is 0 Å². The van der Waals surface area contributed by atoms with Gasteiger partial charge in [0, 0.05) is 12.1 Å². The fraction of sp³-hybridized carbons (Fsp3) is 0.450. The van der Waals surface area contributed by atoms with Gasteiger partial charge < -0.3 is 10.1 Å². The van der Waals surface area contributed by atoms with Crippen LogP contribution >= 0.6 is 11.3 Å². The number of nitrogens with one attached hydrogen (secondary N) is 2. The van der Waals surface area contributed by atoms with Gasteiger partial charge in [-0.25, -0.2) is 8.42 Å². The number of ether oxygens (including phenoxy) is 1. The van der Waals surface area contributed by atoms with E-state index in [0.717, 1.165) is 32.2 Å². The molecule has 3 aliphatic heterocycles. The number of fused-ring (bicyclic) bond motifs is 3. The summed E-state index contributed by atoms with van der Waals surface area (Å²) in [6.45, 7) is 4.43. The van der Waals surface area contributed by atoms with Gasteiger partial charge in [0.15, 0.2) is 10.8 Å². The van der Waals surface area contributed by atoms with E-state index in [4.69, 9.17) is 4.74 Å². The van der Waals surface area contributed by atoms with Gasteiger partial charge in [0.25, 0.3) is 5.91 Å². The van der Waals surface area contributed by atoms with Gasteiger partial charge in [-0.1, -0.05) is 23.5 Å². The lowest BCUT2D eigenvalue weighted by molar-refractivity contribution is 0.0218. The van der Waals surface area contributed by atoms with Crippen LogP contribution in [-0.2, 0) is 10.0 Å². The number of hydrogen-bond donors (Lipinski definition) is 2. The van der Waals surface area contributed by atoms with Gasteiger partial charge in [-0.15, -0.1) is 0 Å². The van der Waals surface area contributed by atoms with Crippen LogP contribution in [0, 0.1) is 5.92 Å². The molecule has 2 N–H and O–H groups in total. The highest BCUT2D eigenvalue weighted by atomic mass is 32.2. The van der Waals surface area contributed by atoms with E-state index in [-0.39, 0.29) is 11.9 Å². The molecule has 0 spiro atoms. The van der Waals surface area contributed by atoms with E-state index in [1.54, 1.807) is 36.4 Å². The number of hydrogen-bond acceptors (Lipinski definition) is 6. The topological polar surface area (TPSA) is 87.7 Å². The van der Waals surface area contributed by atoms with Crippen LogP contribution in [-0.4, -0.2) is 50.7 Å². The predicted molar refractivity (Wildman–Crippen MR) is 114 cm³/mol. The highest BCUT2D eigenvalue weighted by Crippen LogP contribution is 2.35. The standard InChI is InChI=1S/C20H25N3O4S2/c1-13-19(14-9-11-23(13)12-10-14)21-20(24)17-7-8-18(28-17)27-16-6-4-3-5-15(16)22-29(2,25)26/h3-8,13-14,19,22H,9-12H2,1-2H3,(H,21,24). The van der Waals surface area contributed by atoms with Gasteiger partial charge in [-0.2, -0.15) is 0 Å². The number of carbonyl (C=O) groups is 1. The zero-order chi connectivity index (χ0) is 20.6. The first kappa shape index (κ1) is 20.2. The summed E-state index contributed by atoms with van der Waals surface area (Å²) in [7, 11) is -3.42. The van der Waals surface area contributed by atoms with Crippen LogP contribution < -0.4 is 14.8 Å². The second kappa shape index (κ2) is 7.97. The fourth-order valence-electron chi connectivity index (χ4n) is 4.21. The lowest BCUT2D eigenvalue weighted by Crippen LogP contribution is -2.62. The molecule has 2 aromatic rings. The molecular weight excluding hydrogens is 410 g/mol. The largest absolute Gasteiger partial charge is 0.444 e.